The number of aryl methyl sites for hydroxylation is 2. The van der Waals surface area contributed by atoms with Crippen molar-refractivity contribution in [2.45, 2.75) is 26.3 Å². The Balaban J connectivity index is 1.93. The molecule has 1 aliphatic rings. The molecule has 1 atom stereocenters. The van der Waals surface area contributed by atoms with Crippen LogP contribution in [0.2, 0.25) is 0 Å². The second-order valence-electron chi connectivity index (χ2n) is 9.10. The summed E-state index contributed by atoms with van der Waals surface area (Å²) in [5.74, 6) is -1.01. The van der Waals surface area contributed by atoms with Gasteiger partial charge in [-0.1, -0.05) is 24.3 Å². The fourth-order valence-electron chi connectivity index (χ4n) is 4.86. The molecule has 2 heterocycles. The number of Topliss-reactive ketones (excluding diaryl/α,β-unsaturated/α-hetero) is 1. The van der Waals surface area contributed by atoms with Crippen molar-refractivity contribution in [3.05, 3.63) is 70.4 Å². The number of ketones is 1. The van der Waals surface area contributed by atoms with Gasteiger partial charge in [-0.3, -0.25) is 9.59 Å². The van der Waals surface area contributed by atoms with Crippen LogP contribution >= 0.6 is 0 Å². The molecule has 1 unspecified atom stereocenters. The summed E-state index contributed by atoms with van der Waals surface area (Å²) in [6.07, 6.45) is 2.53. The van der Waals surface area contributed by atoms with Crippen molar-refractivity contribution >= 4 is 28.4 Å². The number of aromatic nitrogens is 1. The summed E-state index contributed by atoms with van der Waals surface area (Å²) < 4.78 is 5.57. The summed E-state index contributed by atoms with van der Waals surface area (Å²) in [6.45, 7) is 4.97. The van der Waals surface area contributed by atoms with Crippen molar-refractivity contribution < 1.29 is 19.4 Å². The third-order valence-electron chi connectivity index (χ3n) is 6.34. The number of likely N-dealkylation sites (tertiary alicyclic amines) is 1. The molecule has 7 heteroatoms. The molecule has 0 saturated carbocycles. The first-order chi connectivity index (χ1) is 16.2. The number of rotatable bonds is 7. The number of hydrogen-bond acceptors (Lipinski definition) is 5. The van der Waals surface area contributed by atoms with E-state index in [2.05, 4.69) is 4.98 Å². The van der Waals surface area contributed by atoms with E-state index in [9.17, 15) is 14.7 Å². The predicted octanol–water partition coefficient (Wildman–Crippen LogP) is 4.17. The molecular formula is C27H31N3O4. The third-order valence-corrected chi connectivity index (χ3v) is 6.34. The number of aromatic amines is 1. The van der Waals surface area contributed by atoms with Crippen LogP contribution in [0.25, 0.3) is 16.7 Å². The Hall–Kier alpha value is -3.58. The number of benzene rings is 2. The number of H-pyrrole nitrogens is 1. The number of ether oxygens (including phenoxy) is 1. The Labute approximate surface area is 199 Å². The fourth-order valence-corrected chi connectivity index (χ4v) is 4.86. The number of nitrogens with zero attached hydrogens (tertiary/aromatic N) is 2. The highest BCUT2D eigenvalue weighted by atomic mass is 16.5. The highest BCUT2D eigenvalue weighted by Crippen LogP contribution is 2.43. The molecule has 0 bridgehead atoms. The fraction of sp³-hybridized carbons (Fsp3) is 0.333. The summed E-state index contributed by atoms with van der Waals surface area (Å²) >= 11 is 0. The van der Waals surface area contributed by atoms with Gasteiger partial charge in [-0.05, 0) is 64.2 Å². The van der Waals surface area contributed by atoms with Crippen LogP contribution in [0.15, 0.2) is 48.2 Å². The smallest absolute Gasteiger partial charge is 0.295 e. The van der Waals surface area contributed by atoms with Crippen molar-refractivity contribution in [2.24, 2.45) is 0 Å². The summed E-state index contributed by atoms with van der Waals surface area (Å²) in [5.41, 5.74) is 3.94. The molecule has 0 radical (unpaired) electrons. The molecule has 4 rings (SSSR count). The van der Waals surface area contributed by atoms with Crippen LogP contribution in [0.5, 0.6) is 5.75 Å². The molecule has 0 spiro atoms. The third kappa shape index (κ3) is 4.07. The maximum atomic E-state index is 13.4. The number of amides is 1. The minimum Gasteiger partial charge on any atom is -0.507 e. The second kappa shape index (κ2) is 9.35. The van der Waals surface area contributed by atoms with Gasteiger partial charge >= 0.3 is 0 Å². The standard InChI is InChI=1S/C27H31N3O4/c1-16-13-17(2)26(34-5)19(14-16)24(31)22-23(20-15-28-21-10-7-6-9-18(20)21)30(27(33)25(22)32)12-8-11-29(3)4/h6-7,9-10,13-15,23,28,31H,8,11-12H2,1-5H3/b24-22+. The molecule has 3 aromatic rings. The highest BCUT2D eigenvalue weighted by molar-refractivity contribution is 6.46. The number of nitrogens with one attached hydrogen (secondary N) is 1. The van der Waals surface area contributed by atoms with Crippen LogP contribution in [0.3, 0.4) is 0 Å². The zero-order valence-corrected chi connectivity index (χ0v) is 20.3. The van der Waals surface area contributed by atoms with E-state index in [0.717, 1.165) is 34.1 Å². The maximum absolute atomic E-state index is 13.4. The zero-order valence-electron chi connectivity index (χ0n) is 20.3. The Bertz CT molecular complexity index is 1290. The number of para-hydroxylation sites is 1. The van der Waals surface area contributed by atoms with Gasteiger partial charge in [-0.25, -0.2) is 0 Å². The molecule has 7 nitrogen and oxygen atoms in total. The van der Waals surface area contributed by atoms with Crippen molar-refractivity contribution in [3.63, 3.8) is 0 Å². The van der Waals surface area contributed by atoms with Gasteiger partial charge in [0.15, 0.2) is 0 Å². The lowest BCUT2D eigenvalue weighted by molar-refractivity contribution is -0.139. The molecule has 178 valence electrons. The average Bonchev–Trinajstić information content (AvgIpc) is 3.32. The Morgan fingerprint density at radius 3 is 2.62 bits per heavy atom. The van der Waals surface area contributed by atoms with Crippen LogP contribution in [0.1, 0.15) is 34.7 Å². The largest absolute Gasteiger partial charge is 0.507 e. The topological polar surface area (TPSA) is 85.9 Å². The summed E-state index contributed by atoms with van der Waals surface area (Å²) in [4.78, 5) is 33.5. The monoisotopic (exact) mass is 461 g/mol. The molecule has 1 fully saturated rings. The van der Waals surface area contributed by atoms with Gasteiger partial charge in [0.25, 0.3) is 11.7 Å². The minimum absolute atomic E-state index is 0.0860. The summed E-state index contributed by atoms with van der Waals surface area (Å²) in [7, 11) is 5.47. The summed E-state index contributed by atoms with van der Waals surface area (Å²) in [6, 6.07) is 10.8. The van der Waals surface area contributed by atoms with Crippen molar-refractivity contribution in [1.29, 1.82) is 0 Å². The van der Waals surface area contributed by atoms with Crippen molar-refractivity contribution in [2.75, 3.05) is 34.3 Å². The van der Waals surface area contributed by atoms with E-state index in [0.29, 0.717) is 24.3 Å². The maximum Gasteiger partial charge on any atom is 0.295 e. The second-order valence-corrected chi connectivity index (χ2v) is 9.10. The summed E-state index contributed by atoms with van der Waals surface area (Å²) in [5, 5.41) is 12.4. The van der Waals surface area contributed by atoms with E-state index in [1.165, 1.54) is 7.11 Å². The number of carbonyl (C=O) groups is 2. The molecule has 2 aromatic carbocycles. The van der Waals surface area contributed by atoms with Crippen molar-refractivity contribution in [1.82, 2.24) is 14.8 Å². The van der Waals surface area contributed by atoms with Gasteiger partial charge in [0.2, 0.25) is 0 Å². The van der Waals surface area contributed by atoms with E-state index in [1.54, 1.807) is 11.0 Å². The lowest BCUT2D eigenvalue weighted by Crippen LogP contribution is -2.32. The van der Waals surface area contributed by atoms with Crippen LogP contribution in [-0.4, -0.2) is 65.9 Å². The first-order valence-corrected chi connectivity index (χ1v) is 11.4. The first kappa shape index (κ1) is 23.6. The average molecular weight is 462 g/mol. The van der Waals surface area contributed by atoms with E-state index in [-0.39, 0.29) is 11.3 Å². The predicted molar refractivity (Wildman–Crippen MR) is 133 cm³/mol. The minimum atomic E-state index is -0.705. The number of aliphatic hydroxyl groups is 1. The quantitative estimate of drug-likeness (QED) is 0.313. The van der Waals surface area contributed by atoms with Gasteiger partial charge in [-0.2, -0.15) is 0 Å². The Morgan fingerprint density at radius 2 is 1.91 bits per heavy atom. The van der Waals surface area contributed by atoms with Gasteiger partial charge in [0, 0.05) is 29.2 Å². The zero-order chi connectivity index (χ0) is 24.6. The molecule has 34 heavy (non-hydrogen) atoms. The number of carbonyl (C=O) groups excluding carboxylic acids is 2. The SMILES string of the molecule is COc1c(C)cc(C)cc1/C(O)=C1\C(=O)C(=O)N(CCCN(C)C)C1c1c[nH]c2ccccc12. The van der Waals surface area contributed by atoms with Gasteiger partial charge in [-0.15, -0.1) is 0 Å². The van der Waals surface area contributed by atoms with E-state index in [4.69, 9.17) is 4.74 Å². The van der Waals surface area contributed by atoms with E-state index in [1.807, 2.05) is 69.4 Å². The lowest BCUT2D eigenvalue weighted by atomic mass is 9.93. The van der Waals surface area contributed by atoms with Crippen LogP contribution in [-0.2, 0) is 9.59 Å². The molecule has 2 N–H and O–H groups in total. The molecule has 1 aromatic heterocycles. The Morgan fingerprint density at radius 1 is 1.18 bits per heavy atom. The van der Waals surface area contributed by atoms with Gasteiger partial charge < -0.3 is 24.6 Å². The van der Waals surface area contributed by atoms with Gasteiger partial charge in [0.05, 0.1) is 24.3 Å². The number of hydrogen-bond donors (Lipinski definition) is 2. The first-order valence-electron chi connectivity index (χ1n) is 11.4. The van der Waals surface area contributed by atoms with Crippen LogP contribution < -0.4 is 4.74 Å². The van der Waals surface area contributed by atoms with E-state index < -0.39 is 17.7 Å². The van der Waals surface area contributed by atoms with Crippen LogP contribution in [0.4, 0.5) is 0 Å². The highest BCUT2D eigenvalue weighted by Gasteiger charge is 2.46. The normalized spacial score (nSPS) is 17.8. The lowest BCUT2D eigenvalue weighted by Gasteiger charge is -2.25. The number of aliphatic hydroxyl groups excluding tert-OH is 1. The van der Waals surface area contributed by atoms with E-state index >= 15 is 0 Å². The molecule has 1 amide bonds. The van der Waals surface area contributed by atoms with Gasteiger partial charge in [0.1, 0.15) is 11.5 Å². The molecule has 1 aliphatic heterocycles. The Kier molecular flexibility index (Phi) is 6.48. The number of methoxy groups -OCH3 is 1. The molecule has 1 saturated heterocycles. The molecule has 0 aliphatic carbocycles. The molecular weight excluding hydrogens is 430 g/mol. The number of fused-ring (bicyclic) bond motifs is 1. The van der Waals surface area contributed by atoms with Crippen molar-refractivity contribution in [3.8, 4) is 5.75 Å². The van der Waals surface area contributed by atoms with Crippen LogP contribution in [0, 0.1) is 13.8 Å².